The van der Waals surface area contributed by atoms with E-state index in [-0.39, 0.29) is 0 Å². The number of aromatic nitrogens is 2. The van der Waals surface area contributed by atoms with E-state index in [9.17, 15) is 0 Å². The molecule has 0 unspecified atom stereocenters. The molecule has 19 heavy (non-hydrogen) atoms. The molecule has 0 saturated carbocycles. The second-order valence-electron chi connectivity index (χ2n) is 5.62. The average Bonchev–Trinajstić information content (AvgIpc) is 2.62. The monoisotopic (exact) mass is 294 g/mol. The first-order valence-electron chi connectivity index (χ1n) is 6.32. The van der Waals surface area contributed by atoms with Crippen LogP contribution < -0.4 is 10.2 Å². The molecule has 0 bridgehead atoms. The van der Waals surface area contributed by atoms with Gasteiger partial charge >= 0.3 is 0 Å². The van der Waals surface area contributed by atoms with E-state index in [1.165, 1.54) is 0 Å². The summed E-state index contributed by atoms with van der Waals surface area (Å²) in [6.07, 6.45) is 0. The molecule has 2 rings (SSSR count). The van der Waals surface area contributed by atoms with Gasteiger partial charge in [-0.25, -0.2) is 4.98 Å². The molecular formula is C14H19ClN2OSi. The van der Waals surface area contributed by atoms with Gasteiger partial charge in [-0.3, -0.25) is 0 Å². The Hall–Kier alpha value is -1.26. The van der Waals surface area contributed by atoms with Gasteiger partial charge in [0, 0.05) is 0 Å². The van der Waals surface area contributed by atoms with Gasteiger partial charge in [-0.2, -0.15) is 4.73 Å². The van der Waals surface area contributed by atoms with Crippen LogP contribution in [-0.4, -0.2) is 17.8 Å². The van der Waals surface area contributed by atoms with Crippen LogP contribution in [0.4, 0.5) is 0 Å². The molecule has 0 aliphatic carbocycles. The average molecular weight is 295 g/mol. The first-order valence-corrected chi connectivity index (χ1v) is 10.2. The van der Waals surface area contributed by atoms with Gasteiger partial charge in [0.25, 0.3) is 0 Å². The van der Waals surface area contributed by atoms with Gasteiger partial charge in [0.2, 0.25) is 5.28 Å². The molecule has 0 saturated heterocycles. The molecule has 1 heterocycles. The van der Waals surface area contributed by atoms with E-state index in [0.29, 0.717) is 11.9 Å². The smallest absolute Gasteiger partial charge is 0.236 e. The lowest BCUT2D eigenvalue weighted by Gasteiger charge is -2.20. The SMILES string of the molecule is Cc1nc(Cl)n(OCc2ccccc2)c1[Si](C)(C)C. The lowest BCUT2D eigenvalue weighted by molar-refractivity contribution is 0.103. The van der Waals surface area contributed by atoms with Gasteiger partial charge in [0.1, 0.15) is 14.7 Å². The fourth-order valence-electron chi connectivity index (χ4n) is 2.15. The first kappa shape index (κ1) is 14.2. The number of aryl methyl sites for hydroxylation is 1. The third-order valence-electron chi connectivity index (χ3n) is 2.89. The molecule has 0 aliphatic heterocycles. The van der Waals surface area contributed by atoms with E-state index in [1.807, 2.05) is 37.3 Å². The van der Waals surface area contributed by atoms with E-state index in [2.05, 4.69) is 24.6 Å². The van der Waals surface area contributed by atoms with Crippen LogP contribution in [0.5, 0.6) is 0 Å². The molecule has 3 nitrogen and oxygen atoms in total. The highest BCUT2D eigenvalue weighted by Crippen LogP contribution is 2.12. The number of hydrogen-bond acceptors (Lipinski definition) is 2. The van der Waals surface area contributed by atoms with Crippen LogP contribution in [0.15, 0.2) is 30.3 Å². The largest absolute Gasteiger partial charge is 0.407 e. The first-order chi connectivity index (χ1) is 8.89. The molecule has 0 atom stereocenters. The van der Waals surface area contributed by atoms with E-state index in [4.69, 9.17) is 16.4 Å². The van der Waals surface area contributed by atoms with E-state index < -0.39 is 8.07 Å². The fourth-order valence-corrected chi connectivity index (χ4v) is 4.41. The summed E-state index contributed by atoms with van der Waals surface area (Å²) in [5, 5.41) is 1.55. The molecule has 0 aliphatic rings. The van der Waals surface area contributed by atoms with Crippen molar-refractivity contribution in [3.05, 3.63) is 46.9 Å². The van der Waals surface area contributed by atoms with Crippen molar-refractivity contribution in [2.75, 3.05) is 0 Å². The molecule has 0 N–H and O–H groups in total. The number of imidazole rings is 1. The van der Waals surface area contributed by atoms with Crippen molar-refractivity contribution < 1.29 is 4.84 Å². The Balaban J connectivity index is 2.26. The second-order valence-corrected chi connectivity index (χ2v) is 10.9. The Labute approximate surface area is 120 Å². The molecule has 0 amide bonds. The normalized spacial score (nSPS) is 11.6. The summed E-state index contributed by atoms with van der Waals surface area (Å²) >= 11 is 6.17. The van der Waals surface area contributed by atoms with E-state index in [0.717, 1.165) is 16.6 Å². The summed E-state index contributed by atoms with van der Waals surface area (Å²) in [5.74, 6) is 0. The molecule has 0 spiro atoms. The number of nitrogens with zero attached hydrogens (tertiary/aromatic N) is 2. The van der Waals surface area contributed by atoms with Crippen LogP contribution in [0.2, 0.25) is 24.9 Å². The van der Waals surface area contributed by atoms with Crippen molar-refractivity contribution in [1.82, 2.24) is 9.71 Å². The number of halogens is 1. The Morgan fingerprint density at radius 2 is 1.84 bits per heavy atom. The highest BCUT2D eigenvalue weighted by atomic mass is 35.5. The zero-order valence-electron chi connectivity index (χ0n) is 11.8. The van der Waals surface area contributed by atoms with Gasteiger partial charge < -0.3 is 4.84 Å². The predicted molar refractivity (Wildman–Crippen MR) is 81.7 cm³/mol. The predicted octanol–water partition coefficient (Wildman–Crippen LogP) is 3.02. The van der Waals surface area contributed by atoms with Crippen molar-refractivity contribution in [2.24, 2.45) is 0 Å². The maximum absolute atomic E-state index is 6.17. The lowest BCUT2D eigenvalue weighted by Crippen LogP contribution is -2.46. The molecule has 2 aromatic rings. The Morgan fingerprint density at radius 1 is 1.21 bits per heavy atom. The highest BCUT2D eigenvalue weighted by Gasteiger charge is 2.27. The minimum atomic E-state index is -1.55. The molecule has 0 radical (unpaired) electrons. The number of benzene rings is 1. The summed E-state index contributed by atoms with van der Waals surface area (Å²) in [4.78, 5) is 10.2. The van der Waals surface area contributed by atoms with Crippen molar-refractivity contribution >= 4 is 25.0 Å². The third kappa shape index (κ3) is 3.19. The zero-order valence-corrected chi connectivity index (χ0v) is 13.5. The quantitative estimate of drug-likeness (QED) is 0.811. The maximum Gasteiger partial charge on any atom is 0.236 e. The zero-order chi connectivity index (χ0) is 14.0. The molecule has 1 aromatic carbocycles. The molecule has 102 valence electrons. The van der Waals surface area contributed by atoms with Crippen LogP contribution in [-0.2, 0) is 6.61 Å². The molecular weight excluding hydrogens is 276 g/mol. The Kier molecular flexibility index (Phi) is 4.01. The van der Waals surface area contributed by atoms with Crippen molar-refractivity contribution in [1.29, 1.82) is 0 Å². The summed E-state index contributed by atoms with van der Waals surface area (Å²) in [6.45, 7) is 9.26. The van der Waals surface area contributed by atoms with Crippen LogP contribution in [0, 0.1) is 6.92 Å². The molecule has 5 heteroatoms. The summed E-state index contributed by atoms with van der Waals surface area (Å²) < 4.78 is 1.70. The highest BCUT2D eigenvalue weighted by molar-refractivity contribution is 6.88. The number of rotatable bonds is 4. The fraction of sp³-hybridized carbons (Fsp3) is 0.357. The van der Waals surface area contributed by atoms with E-state index in [1.54, 1.807) is 4.73 Å². The number of hydrogen-bond donors (Lipinski definition) is 0. The van der Waals surface area contributed by atoms with Gasteiger partial charge in [0.15, 0.2) is 0 Å². The van der Waals surface area contributed by atoms with Gasteiger partial charge in [-0.15, -0.1) is 0 Å². The standard InChI is InChI=1S/C14H19ClN2OSi/c1-11-13(19(2,3)4)17(14(15)16-11)18-10-12-8-6-5-7-9-12/h5-9H,10H2,1-4H3. The Morgan fingerprint density at radius 3 is 2.42 bits per heavy atom. The Bertz CT molecular complexity index is 561. The van der Waals surface area contributed by atoms with Gasteiger partial charge in [-0.05, 0) is 24.1 Å². The van der Waals surface area contributed by atoms with Gasteiger partial charge in [0.05, 0.1) is 11.0 Å². The van der Waals surface area contributed by atoms with Gasteiger partial charge in [-0.1, -0.05) is 50.0 Å². The van der Waals surface area contributed by atoms with Crippen LogP contribution in [0.1, 0.15) is 11.3 Å². The van der Waals surface area contributed by atoms with Crippen molar-refractivity contribution in [3.63, 3.8) is 0 Å². The summed E-state index contributed by atoms with van der Waals surface area (Å²) in [6, 6.07) is 10.1. The summed E-state index contributed by atoms with van der Waals surface area (Å²) in [5.41, 5.74) is 2.09. The summed E-state index contributed by atoms with van der Waals surface area (Å²) in [7, 11) is -1.55. The maximum atomic E-state index is 6.17. The van der Waals surface area contributed by atoms with Crippen LogP contribution >= 0.6 is 11.6 Å². The lowest BCUT2D eigenvalue weighted by atomic mass is 10.2. The van der Waals surface area contributed by atoms with Crippen molar-refractivity contribution in [3.8, 4) is 0 Å². The molecule has 0 fully saturated rings. The minimum Gasteiger partial charge on any atom is -0.407 e. The van der Waals surface area contributed by atoms with Crippen LogP contribution in [0.3, 0.4) is 0 Å². The minimum absolute atomic E-state index is 0.408. The topological polar surface area (TPSA) is 27.1 Å². The van der Waals surface area contributed by atoms with Crippen LogP contribution in [0.25, 0.3) is 0 Å². The molecule has 1 aromatic heterocycles. The second kappa shape index (κ2) is 5.39. The third-order valence-corrected chi connectivity index (χ3v) is 5.11. The van der Waals surface area contributed by atoms with E-state index >= 15 is 0 Å². The van der Waals surface area contributed by atoms with Crippen molar-refractivity contribution in [2.45, 2.75) is 33.2 Å².